The molecule has 1 N–H and O–H groups in total. The van der Waals surface area contributed by atoms with Gasteiger partial charge in [0.2, 0.25) is 0 Å². The van der Waals surface area contributed by atoms with Crippen molar-refractivity contribution >= 4 is 17.3 Å². The normalized spacial score (nSPS) is 20.7. The van der Waals surface area contributed by atoms with Crippen LogP contribution in [-0.4, -0.2) is 18.2 Å². The summed E-state index contributed by atoms with van der Waals surface area (Å²) in [6.07, 6.45) is 4.51. The molecule has 112 valence electrons. The van der Waals surface area contributed by atoms with E-state index in [0.717, 1.165) is 16.3 Å². The van der Waals surface area contributed by atoms with Crippen LogP contribution in [0.5, 0.6) is 0 Å². The Balaban J connectivity index is 2.12. The van der Waals surface area contributed by atoms with Gasteiger partial charge in [0.25, 0.3) is 0 Å². The van der Waals surface area contributed by atoms with Crippen LogP contribution in [0.25, 0.3) is 0 Å². The Morgan fingerprint density at radius 1 is 1.30 bits per heavy atom. The largest absolute Gasteiger partial charge is 0.389 e. The van der Waals surface area contributed by atoms with E-state index in [4.69, 9.17) is 11.6 Å². The van der Waals surface area contributed by atoms with Gasteiger partial charge in [0.1, 0.15) is 0 Å². The van der Waals surface area contributed by atoms with Crippen molar-refractivity contribution in [3.8, 4) is 0 Å². The molecule has 0 aliphatic heterocycles. The van der Waals surface area contributed by atoms with Gasteiger partial charge in [0, 0.05) is 13.1 Å². The molecule has 0 spiro atoms. The molecule has 2 nitrogen and oxygen atoms in total. The fourth-order valence-corrected chi connectivity index (χ4v) is 3.36. The van der Waals surface area contributed by atoms with E-state index in [9.17, 15) is 5.11 Å². The molecule has 2 rings (SSSR count). The van der Waals surface area contributed by atoms with E-state index in [2.05, 4.69) is 25.8 Å². The first-order valence-corrected chi connectivity index (χ1v) is 7.88. The average molecular weight is 296 g/mol. The third-order valence-corrected chi connectivity index (χ3v) is 4.99. The SMILES string of the molecule is C[C@@H](O)c1ccc(N(C)C2CCC(C)(C)CC2)c(Cl)c1. The number of hydrogen-bond donors (Lipinski definition) is 1. The maximum atomic E-state index is 9.61. The number of rotatable bonds is 3. The maximum absolute atomic E-state index is 9.61. The Morgan fingerprint density at radius 3 is 2.40 bits per heavy atom. The first kappa shape index (κ1) is 15.7. The second-order valence-corrected chi connectivity index (χ2v) is 7.30. The highest BCUT2D eigenvalue weighted by molar-refractivity contribution is 6.33. The van der Waals surface area contributed by atoms with Gasteiger partial charge in [-0.05, 0) is 55.7 Å². The predicted octanol–water partition coefficient (Wildman–Crippen LogP) is 4.80. The van der Waals surface area contributed by atoms with Crippen LogP contribution < -0.4 is 4.90 Å². The van der Waals surface area contributed by atoms with Gasteiger partial charge >= 0.3 is 0 Å². The summed E-state index contributed by atoms with van der Waals surface area (Å²) in [4.78, 5) is 2.31. The zero-order chi connectivity index (χ0) is 14.9. The molecule has 1 aromatic rings. The first-order chi connectivity index (χ1) is 9.30. The Bertz CT molecular complexity index is 460. The second-order valence-electron chi connectivity index (χ2n) is 6.89. The third kappa shape index (κ3) is 3.48. The van der Waals surface area contributed by atoms with E-state index in [1.165, 1.54) is 25.7 Å². The van der Waals surface area contributed by atoms with E-state index in [0.29, 0.717) is 11.5 Å². The summed E-state index contributed by atoms with van der Waals surface area (Å²) in [5, 5.41) is 10.3. The quantitative estimate of drug-likeness (QED) is 0.866. The lowest BCUT2D eigenvalue weighted by molar-refractivity contribution is 0.199. The number of aliphatic hydroxyl groups excluding tert-OH is 1. The lowest BCUT2D eigenvalue weighted by Gasteiger charge is -2.39. The summed E-state index contributed by atoms with van der Waals surface area (Å²) in [5.41, 5.74) is 2.43. The molecule has 20 heavy (non-hydrogen) atoms. The molecule has 0 unspecified atom stereocenters. The average Bonchev–Trinajstić information content (AvgIpc) is 2.37. The van der Waals surface area contributed by atoms with Gasteiger partial charge in [-0.1, -0.05) is 31.5 Å². The fraction of sp³-hybridized carbons (Fsp3) is 0.647. The molecule has 1 aliphatic carbocycles. The lowest BCUT2D eigenvalue weighted by Crippen LogP contribution is -2.37. The minimum absolute atomic E-state index is 0.470. The van der Waals surface area contributed by atoms with Crippen LogP contribution >= 0.6 is 11.6 Å². The van der Waals surface area contributed by atoms with E-state index in [1.54, 1.807) is 6.92 Å². The van der Waals surface area contributed by atoms with Crippen LogP contribution in [0.3, 0.4) is 0 Å². The summed E-state index contributed by atoms with van der Waals surface area (Å²) >= 11 is 6.39. The molecule has 1 aliphatic rings. The molecule has 1 atom stereocenters. The Morgan fingerprint density at radius 2 is 1.90 bits per heavy atom. The third-order valence-electron chi connectivity index (χ3n) is 4.69. The molecule has 0 saturated heterocycles. The highest BCUT2D eigenvalue weighted by atomic mass is 35.5. The number of hydrogen-bond acceptors (Lipinski definition) is 2. The van der Waals surface area contributed by atoms with Crippen LogP contribution in [0.1, 0.15) is 58.1 Å². The van der Waals surface area contributed by atoms with Gasteiger partial charge in [-0.3, -0.25) is 0 Å². The summed E-state index contributed by atoms with van der Waals surface area (Å²) in [5.74, 6) is 0. The van der Waals surface area contributed by atoms with Crippen molar-refractivity contribution in [1.29, 1.82) is 0 Å². The fourth-order valence-electron chi connectivity index (χ4n) is 3.04. The van der Waals surface area contributed by atoms with Crippen molar-refractivity contribution in [2.24, 2.45) is 5.41 Å². The number of halogens is 1. The zero-order valence-electron chi connectivity index (χ0n) is 13.0. The van der Waals surface area contributed by atoms with Gasteiger partial charge in [-0.25, -0.2) is 0 Å². The summed E-state index contributed by atoms with van der Waals surface area (Å²) in [6.45, 7) is 6.47. The van der Waals surface area contributed by atoms with Crippen molar-refractivity contribution in [2.45, 2.75) is 58.6 Å². The molecular formula is C17H26ClNO. The van der Waals surface area contributed by atoms with Gasteiger partial charge < -0.3 is 10.0 Å². The highest BCUT2D eigenvalue weighted by Gasteiger charge is 2.29. The molecule has 1 saturated carbocycles. The number of anilines is 1. The van der Waals surface area contributed by atoms with Crippen LogP contribution in [0.15, 0.2) is 18.2 Å². The monoisotopic (exact) mass is 295 g/mol. The molecular weight excluding hydrogens is 270 g/mol. The molecule has 0 radical (unpaired) electrons. The van der Waals surface area contributed by atoms with Gasteiger partial charge in [0.15, 0.2) is 0 Å². The van der Waals surface area contributed by atoms with Crippen molar-refractivity contribution in [1.82, 2.24) is 0 Å². The minimum atomic E-state index is -0.470. The smallest absolute Gasteiger partial charge is 0.0762 e. The summed E-state index contributed by atoms with van der Waals surface area (Å²) < 4.78 is 0. The topological polar surface area (TPSA) is 23.5 Å². The van der Waals surface area contributed by atoms with E-state index < -0.39 is 6.10 Å². The predicted molar refractivity (Wildman–Crippen MR) is 86.5 cm³/mol. The minimum Gasteiger partial charge on any atom is -0.389 e. The standard InChI is InChI=1S/C17H26ClNO/c1-12(20)13-5-6-16(15(18)11-13)19(4)14-7-9-17(2,3)10-8-14/h5-6,11-12,14,20H,7-10H2,1-4H3/t12-/m1/s1. The van der Waals surface area contributed by atoms with Crippen LogP contribution in [0, 0.1) is 5.41 Å². The summed E-state index contributed by atoms with van der Waals surface area (Å²) in [6, 6.07) is 6.45. The summed E-state index contributed by atoms with van der Waals surface area (Å²) in [7, 11) is 2.13. The first-order valence-electron chi connectivity index (χ1n) is 7.50. The number of benzene rings is 1. The van der Waals surface area contributed by atoms with Crippen molar-refractivity contribution < 1.29 is 5.11 Å². The van der Waals surface area contributed by atoms with Crippen molar-refractivity contribution in [3.05, 3.63) is 28.8 Å². The van der Waals surface area contributed by atoms with Crippen LogP contribution in [0.2, 0.25) is 5.02 Å². The highest BCUT2D eigenvalue weighted by Crippen LogP contribution is 2.39. The van der Waals surface area contributed by atoms with Crippen molar-refractivity contribution in [2.75, 3.05) is 11.9 Å². The van der Waals surface area contributed by atoms with Gasteiger partial charge in [0.05, 0.1) is 16.8 Å². The van der Waals surface area contributed by atoms with E-state index >= 15 is 0 Å². The van der Waals surface area contributed by atoms with E-state index in [1.807, 2.05) is 18.2 Å². The molecule has 0 heterocycles. The Labute approximate surface area is 127 Å². The van der Waals surface area contributed by atoms with Gasteiger partial charge in [-0.2, -0.15) is 0 Å². The molecule has 3 heteroatoms. The van der Waals surface area contributed by atoms with Crippen LogP contribution in [0.4, 0.5) is 5.69 Å². The number of nitrogens with zero attached hydrogens (tertiary/aromatic N) is 1. The molecule has 1 aromatic carbocycles. The number of aliphatic hydroxyl groups is 1. The van der Waals surface area contributed by atoms with Crippen LogP contribution in [-0.2, 0) is 0 Å². The zero-order valence-corrected chi connectivity index (χ0v) is 13.7. The van der Waals surface area contributed by atoms with E-state index in [-0.39, 0.29) is 0 Å². The Kier molecular flexibility index (Phi) is 4.66. The molecule has 0 bridgehead atoms. The lowest BCUT2D eigenvalue weighted by atomic mass is 9.75. The van der Waals surface area contributed by atoms with Crippen molar-refractivity contribution in [3.63, 3.8) is 0 Å². The maximum Gasteiger partial charge on any atom is 0.0762 e. The molecule has 0 amide bonds. The van der Waals surface area contributed by atoms with Gasteiger partial charge in [-0.15, -0.1) is 0 Å². The second kappa shape index (κ2) is 5.95. The molecule has 1 fully saturated rings. The molecule has 0 aromatic heterocycles. The Hall–Kier alpha value is -0.730.